The van der Waals surface area contributed by atoms with Crippen LogP contribution in [0.3, 0.4) is 0 Å². The molecule has 0 radical (unpaired) electrons. The first kappa shape index (κ1) is 9.09. The van der Waals surface area contributed by atoms with Crippen molar-refractivity contribution in [2.75, 3.05) is 5.32 Å². The van der Waals surface area contributed by atoms with Gasteiger partial charge in [-0.2, -0.15) is 0 Å². The lowest BCUT2D eigenvalue weighted by atomic mass is 10.2. The predicted octanol–water partition coefficient (Wildman–Crippen LogP) is 3.05. The number of anilines is 1. The number of nitrogens with one attached hydrogen (secondary N) is 1. The van der Waals surface area contributed by atoms with Gasteiger partial charge in [0.05, 0.1) is 10.2 Å². The number of thiophene rings is 1. The van der Waals surface area contributed by atoms with Crippen LogP contribution in [0, 0.1) is 0 Å². The molecule has 0 amide bonds. The van der Waals surface area contributed by atoms with Gasteiger partial charge in [0.1, 0.15) is 12.1 Å². The molecule has 2 aromatic heterocycles. The molecule has 0 unspecified atom stereocenters. The zero-order valence-electron chi connectivity index (χ0n) is 8.44. The third kappa shape index (κ3) is 1.69. The number of rotatable bonds is 2. The molecule has 3 rings (SSSR count). The molecule has 15 heavy (non-hydrogen) atoms. The Hall–Kier alpha value is -1.16. The fourth-order valence-corrected chi connectivity index (χ4v) is 2.95. The van der Waals surface area contributed by atoms with E-state index in [-0.39, 0.29) is 0 Å². The zero-order chi connectivity index (χ0) is 10.1. The molecule has 0 atom stereocenters. The number of hydrogen-bond donors (Lipinski definition) is 1. The van der Waals surface area contributed by atoms with Crippen LogP contribution in [0.25, 0.3) is 10.2 Å². The van der Waals surface area contributed by atoms with Gasteiger partial charge in [-0.05, 0) is 24.3 Å². The maximum atomic E-state index is 4.33. The van der Waals surface area contributed by atoms with Crippen LogP contribution in [0.15, 0.2) is 17.8 Å². The van der Waals surface area contributed by atoms with Crippen molar-refractivity contribution in [1.29, 1.82) is 0 Å². The van der Waals surface area contributed by atoms with Gasteiger partial charge in [0, 0.05) is 6.04 Å². The largest absolute Gasteiger partial charge is 0.366 e. The Morgan fingerprint density at radius 1 is 1.27 bits per heavy atom. The topological polar surface area (TPSA) is 37.8 Å². The molecule has 4 heteroatoms. The van der Waals surface area contributed by atoms with Crippen LogP contribution in [0.4, 0.5) is 5.82 Å². The standard InChI is InChI=1S/C11H13N3S/c1-2-4-8(3-1)14-11-10-9(5-6-15-10)12-7-13-11/h5-8H,1-4H2,(H,12,13,14). The minimum Gasteiger partial charge on any atom is -0.366 e. The average Bonchev–Trinajstić information content (AvgIpc) is 2.87. The molecule has 1 N–H and O–H groups in total. The SMILES string of the molecule is c1nc(NC2CCCC2)c2sccc2n1. The summed E-state index contributed by atoms with van der Waals surface area (Å²) in [5.74, 6) is 1.02. The van der Waals surface area contributed by atoms with Gasteiger partial charge >= 0.3 is 0 Å². The summed E-state index contributed by atoms with van der Waals surface area (Å²) in [5, 5.41) is 5.60. The monoisotopic (exact) mass is 219 g/mol. The lowest BCUT2D eigenvalue weighted by molar-refractivity contribution is 0.752. The molecule has 0 spiro atoms. The summed E-state index contributed by atoms with van der Waals surface area (Å²) in [6.45, 7) is 0. The minimum absolute atomic E-state index is 0.616. The normalized spacial score (nSPS) is 17.3. The highest BCUT2D eigenvalue weighted by atomic mass is 32.1. The van der Waals surface area contributed by atoms with E-state index in [9.17, 15) is 0 Å². The summed E-state index contributed by atoms with van der Waals surface area (Å²) in [7, 11) is 0. The molecule has 2 aromatic rings. The Balaban J connectivity index is 1.92. The smallest absolute Gasteiger partial charge is 0.147 e. The van der Waals surface area contributed by atoms with Gasteiger partial charge in [0.15, 0.2) is 0 Å². The van der Waals surface area contributed by atoms with Gasteiger partial charge in [0.2, 0.25) is 0 Å². The van der Waals surface area contributed by atoms with E-state index >= 15 is 0 Å². The van der Waals surface area contributed by atoms with Gasteiger partial charge in [-0.1, -0.05) is 12.8 Å². The van der Waals surface area contributed by atoms with E-state index in [0.29, 0.717) is 6.04 Å². The van der Waals surface area contributed by atoms with Crippen molar-refractivity contribution in [2.24, 2.45) is 0 Å². The second kappa shape index (κ2) is 3.77. The average molecular weight is 219 g/mol. The maximum Gasteiger partial charge on any atom is 0.147 e. The first-order valence-electron chi connectivity index (χ1n) is 5.38. The van der Waals surface area contributed by atoms with Crippen LogP contribution in [0.1, 0.15) is 25.7 Å². The van der Waals surface area contributed by atoms with Crippen molar-refractivity contribution in [1.82, 2.24) is 9.97 Å². The van der Waals surface area contributed by atoms with E-state index in [4.69, 9.17) is 0 Å². The Morgan fingerprint density at radius 2 is 2.13 bits per heavy atom. The quantitative estimate of drug-likeness (QED) is 0.843. The summed E-state index contributed by atoms with van der Waals surface area (Å²) < 4.78 is 1.18. The van der Waals surface area contributed by atoms with Crippen LogP contribution in [-0.4, -0.2) is 16.0 Å². The van der Waals surface area contributed by atoms with Crippen molar-refractivity contribution < 1.29 is 0 Å². The van der Waals surface area contributed by atoms with Gasteiger partial charge < -0.3 is 5.32 Å². The van der Waals surface area contributed by atoms with Crippen molar-refractivity contribution in [3.8, 4) is 0 Å². The van der Waals surface area contributed by atoms with Crippen molar-refractivity contribution >= 4 is 27.4 Å². The lowest BCUT2D eigenvalue weighted by Crippen LogP contribution is -2.15. The maximum absolute atomic E-state index is 4.33. The van der Waals surface area contributed by atoms with E-state index in [1.807, 2.05) is 6.07 Å². The molecule has 78 valence electrons. The highest BCUT2D eigenvalue weighted by molar-refractivity contribution is 7.17. The second-order valence-corrected chi connectivity index (χ2v) is 4.90. The van der Waals surface area contributed by atoms with E-state index in [2.05, 4.69) is 20.7 Å². The summed E-state index contributed by atoms with van der Waals surface area (Å²) >= 11 is 1.71. The molecular weight excluding hydrogens is 206 g/mol. The van der Waals surface area contributed by atoms with Crippen LogP contribution in [0.5, 0.6) is 0 Å². The fraction of sp³-hybridized carbons (Fsp3) is 0.455. The van der Waals surface area contributed by atoms with Crippen LogP contribution < -0.4 is 5.32 Å². The minimum atomic E-state index is 0.616. The summed E-state index contributed by atoms with van der Waals surface area (Å²) in [6.07, 6.45) is 6.88. The van der Waals surface area contributed by atoms with Crippen LogP contribution in [0.2, 0.25) is 0 Å². The Bertz CT molecular complexity index is 460. The van der Waals surface area contributed by atoms with Gasteiger partial charge in [-0.3, -0.25) is 0 Å². The van der Waals surface area contributed by atoms with Crippen molar-refractivity contribution in [3.63, 3.8) is 0 Å². The Kier molecular flexibility index (Phi) is 2.29. The zero-order valence-corrected chi connectivity index (χ0v) is 9.26. The van der Waals surface area contributed by atoms with Crippen molar-refractivity contribution in [2.45, 2.75) is 31.7 Å². The molecule has 0 saturated heterocycles. The molecule has 0 bridgehead atoms. The summed E-state index contributed by atoms with van der Waals surface area (Å²) in [5.41, 5.74) is 1.05. The van der Waals surface area contributed by atoms with E-state index in [1.54, 1.807) is 17.7 Å². The van der Waals surface area contributed by atoms with Crippen LogP contribution in [-0.2, 0) is 0 Å². The predicted molar refractivity (Wildman–Crippen MR) is 63.3 cm³/mol. The lowest BCUT2D eigenvalue weighted by Gasteiger charge is -2.12. The van der Waals surface area contributed by atoms with E-state index in [0.717, 1.165) is 11.3 Å². The number of nitrogens with zero attached hydrogens (tertiary/aromatic N) is 2. The van der Waals surface area contributed by atoms with Crippen LogP contribution >= 0.6 is 11.3 Å². The van der Waals surface area contributed by atoms with Gasteiger partial charge in [-0.25, -0.2) is 9.97 Å². The number of fused-ring (bicyclic) bond motifs is 1. The van der Waals surface area contributed by atoms with E-state index in [1.165, 1.54) is 30.4 Å². The molecular formula is C11H13N3S. The molecule has 0 aromatic carbocycles. The summed E-state index contributed by atoms with van der Waals surface area (Å²) in [6, 6.07) is 2.66. The van der Waals surface area contributed by atoms with Gasteiger partial charge in [0.25, 0.3) is 0 Å². The number of hydrogen-bond acceptors (Lipinski definition) is 4. The Labute approximate surface area is 92.6 Å². The van der Waals surface area contributed by atoms with Crippen molar-refractivity contribution in [3.05, 3.63) is 17.8 Å². The van der Waals surface area contributed by atoms with E-state index < -0.39 is 0 Å². The molecule has 1 aliphatic rings. The molecule has 1 fully saturated rings. The first-order valence-corrected chi connectivity index (χ1v) is 6.26. The molecule has 0 aliphatic heterocycles. The first-order chi connectivity index (χ1) is 7.43. The number of aromatic nitrogens is 2. The summed E-state index contributed by atoms with van der Waals surface area (Å²) in [4.78, 5) is 8.57. The van der Waals surface area contributed by atoms with Gasteiger partial charge in [-0.15, -0.1) is 11.3 Å². The molecule has 1 saturated carbocycles. The fourth-order valence-electron chi connectivity index (χ4n) is 2.16. The molecule has 1 aliphatic carbocycles. The Morgan fingerprint density at radius 3 is 3.00 bits per heavy atom. The molecule has 3 nitrogen and oxygen atoms in total. The third-order valence-corrected chi connectivity index (χ3v) is 3.85. The highest BCUT2D eigenvalue weighted by Crippen LogP contribution is 2.28. The third-order valence-electron chi connectivity index (χ3n) is 2.94. The highest BCUT2D eigenvalue weighted by Gasteiger charge is 2.16. The molecule has 2 heterocycles. The second-order valence-electron chi connectivity index (χ2n) is 3.98.